The second kappa shape index (κ2) is 8.45. The summed E-state index contributed by atoms with van der Waals surface area (Å²) in [4.78, 5) is 12.3. The van der Waals surface area contributed by atoms with E-state index in [4.69, 9.17) is 0 Å². The number of hydrogen-bond acceptors (Lipinski definition) is 3. The highest BCUT2D eigenvalue weighted by molar-refractivity contribution is 9.10. The van der Waals surface area contributed by atoms with Crippen LogP contribution in [0.2, 0.25) is 0 Å². The minimum absolute atomic E-state index is 0.0297. The summed E-state index contributed by atoms with van der Waals surface area (Å²) >= 11 is 3.04. The van der Waals surface area contributed by atoms with Crippen LogP contribution in [0.15, 0.2) is 41.1 Å². The van der Waals surface area contributed by atoms with E-state index in [0.717, 1.165) is 18.4 Å². The Morgan fingerprint density at radius 2 is 2.06 bits per heavy atom. The molecule has 1 amide bonds. The van der Waals surface area contributed by atoms with Crippen LogP contribution in [0.3, 0.4) is 0 Å². The van der Waals surface area contributed by atoms with Gasteiger partial charge in [0.05, 0.1) is 35.1 Å². The lowest BCUT2D eigenvalue weighted by atomic mass is 10.2. The predicted octanol–water partition coefficient (Wildman–Crippen LogP) is 4.95. The van der Waals surface area contributed by atoms with Gasteiger partial charge in [0.2, 0.25) is 5.91 Å². The monoisotopic (exact) mass is 499 g/mol. The SMILES string of the molecule is O=C(CCn1nc(C(F)(F)F)c(Br)c1C1CC1)Nc1cnn(Cc2cccc(F)c2)c1. The number of benzene rings is 1. The van der Waals surface area contributed by atoms with E-state index >= 15 is 0 Å². The second-order valence-corrected chi connectivity index (χ2v) is 8.19. The van der Waals surface area contributed by atoms with Gasteiger partial charge in [-0.3, -0.25) is 14.2 Å². The maximum absolute atomic E-state index is 13.3. The zero-order valence-corrected chi connectivity index (χ0v) is 17.7. The van der Waals surface area contributed by atoms with E-state index in [2.05, 4.69) is 31.4 Å². The maximum atomic E-state index is 13.3. The van der Waals surface area contributed by atoms with Crippen molar-refractivity contribution >= 4 is 27.5 Å². The molecule has 0 unspecified atom stereocenters. The number of nitrogens with zero attached hydrogens (tertiary/aromatic N) is 4. The quantitative estimate of drug-likeness (QED) is 0.467. The van der Waals surface area contributed by atoms with Crippen LogP contribution < -0.4 is 5.32 Å². The molecule has 2 aromatic heterocycles. The molecule has 3 aromatic rings. The molecular formula is C20H18BrF4N5O. The van der Waals surface area contributed by atoms with Gasteiger partial charge in [-0.1, -0.05) is 12.1 Å². The van der Waals surface area contributed by atoms with Gasteiger partial charge in [0.1, 0.15) is 5.82 Å². The van der Waals surface area contributed by atoms with Gasteiger partial charge >= 0.3 is 6.18 Å². The second-order valence-electron chi connectivity index (χ2n) is 7.40. The highest BCUT2D eigenvalue weighted by Crippen LogP contribution is 2.47. The van der Waals surface area contributed by atoms with Crippen molar-refractivity contribution in [2.75, 3.05) is 5.32 Å². The topological polar surface area (TPSA) is 64.7 Å². The molecule has 2 heterocycles. The van der Waals surface area contributed by atoms with E-state index in [9.17, 15) is 22.4 Å². The molecule has 0 atom stereocenters. The van der Waals surface area contributed by atoms with Gasteiger partial charge in [0, 0.05) is 18.5 Å². The van der Waals surface area contributed by atoms with Gasteiger partial charge in [-0.25, -0.2) is 4.39 Å². The van der Waals surface area contributed by atoms with Crippen molar-refractivity contribution in [3.05, 3.63) is 63.9 Å². The summed E-state index contributed by atoms with van der Waals surface area (Å²) in [6.45, 7) is 0.365. The fourth-order valence-electron chi connectivity index (χ4n) is 3.32. The Kier molecular flexibility index (Phi) is 5.87. The van der Waals surface area contributed by atoms with Gasteiger partial charge < -0.3 is 5.32 Å². The Morgan fingerprint density at radius 1 is 1.29 bits per heavy atom. The molecule has 0 aliphatic heterocycles. The predicted molar refractivity (Wildman–Crippen MR) is 108 cm³/mol. The van der Waals surface area contributed by atoms with Gasteiger partial charge in [-0.2, -0.15) is 23.4 Å². The van der Waals surface area contributed by atoms with Crippen molar-refractivity contribution in [2.45, 2.75) is 44.4 Å². The van der Waals surface area contributed by atoms with Gasteiger partial charge in [0.15, 0.2) is 5.69 Å². The largest absolute Gasteiger partial charge is 0.436 e. The van der Waals surface area contributed by atoms with Crippen LogP contribution in [-0.4, -0.2) is 25.5 Å². The van der Waals surface area contributed by atoms with Crippen LogP contribution >= 0.6 is 15.9 Å². The van der Waals surface area contributed by atoms with Crippen LogP contribution in [-0.2, 0) is 24.1 Å². The molecule has 0 bridgehead atoms. The molecule has 0 radical (unpaired) electrons. The smallest absolute Gasteiger partial charge is 0.323 e. The standard InChI is InChI=1S/C20H18BrF4N5O/c21-17-18(13-4-5-13)30(28-19(17)20(23,24)25)7-6-16(31)27-15-9-26-29(11-15)10-12-2-1-3-14(22)8-12/h1-3,8-9,11,13H,4-7,10H2,(H,27,31). The number of alkyl halides is 3. The molecule has 6 nitrogen and oxygen atoms in total. The number of carbonyl (C=O) groups excluding carboxylic acids is 1. The highest BCUT2D eigenvalue weighted by atomic mass is 79.9. The molecule has 1 N–H and O–H groups in total. The minimum Gasteiger partial charge on any atom is -0.323 e. The third-order valence-corrected chi connectivity index (χ3v) is 5.65. The van der Waals surface area contributed by atoms with E-state index in [-0.39, 0.29) is 35.1 Å². The van der Waals surface area contributed by atoms with E-state index < -0.39 is 11.9 Å². The van der Waals surface area contributed by atoms with E-state index in [1.807, 2.05) is 0 Å². The van der Waals surface area contributed by atoms with Crippen molar-refractivity contribution in [1.82, 2.24) is 19.6 Å². The van der Waals surface area contributed by atoms with Crippen LogP contribution in [0.1, 0.15) is 42.1 Å². The molecule has 1 aromatic carbocycles. The normalized spacial score (nSPS) is 14.1. The summed E-state index contributed by atoms with van der Waals surface area (Å²) in [6.07, 6.45) is 0.0623. The molecule has 0 saturated heterocycles. The summed E-state index contributed by atoms with van der Waals surface area (Å²) in [5.41, 5.74) is 0.691. The van der Waals surface area contributed by atoms with E-state index in [0.29, 0.717) is 17.9 Å². The highest BCUT2D eigenvalue weighted by Gasteiger charge is 2.41. The van der Waals surface area contributed by atoms with Crippen molar-refractivity contribution < 1.29 is 22.4 Å². The van der Waals surface area contributed by atoms with Crippen LogP contribution in [0.4, 0.5) is 23.2 Å². The number of nitrogens with one attached hydrogen (secondary N) is 1. The summed E-state index contributed by atoms with van der Waals surface area (Å²) < 4.78 is 55.6. The van der Waals surface area contributed by atoms with Crippen LogP contribution in [0, 0.1) is 5.82 Å². The summed E-state index contributed by atoms with van der Waals surface area (Å²) in [5, 5.41) is 10.5. The lowest BCUT2D eigenvalue weighted by molar-refractivity contribution is -0.142. The Labute approximate surface area is 183 Å². The van der Waals surface area contributed by atoms with Crippen molar-refractivity contribution in [1.29, 1.82) is 0 Å². The van der Waals surface area contributed by atoms with E-state index in [1.165, 1.54) is 23.0 Å². The zero-order valence-electron chi connectivity index (χ0n) is 16.2. The lowest BCUT2D eigenvalue weighted by Crippen LogP contribution is -2.16. The average molecular weight is 500 g/mol. The molecule has 0 spiro atoms. The Bertz CT molecular complexity index is 1100. The number of rotatable bonds is 7. The number of aromatic nitrogens is 4. The molecule has 1 fully saturated rings. The molecule has 1 saturated carbocycles. The van der Waals surface area contributed by atoms with Gasteiger partial charge in [-0.05, 0) is 46.5 Å². The molecular weight excluding hydrogens is 482 g/mol. The number of anilines is 1. The molecule has 1 aliphatic carbocycles. The lowest BCUT2D eigenvalue weighted by Gasteiger charge is -2.07. The van der Waals surface area contributed by atoms with E-state index in [1.54, 1.807) is 23.0 Å². The Morgan fingerprint density at radius 3 is 2.74 bits per heavy atom. The first-order chi connectivity index (χ1) is 14.7. The van der Waals surface area contributed by atoms with Gasteiger partial charge in [-0.15, -0.1) is 0 Å². The first-order valence-electron chi connectivity index (χ1n) is 9.61. The number of hydrogen-bond donors (Lipinski definition) is 1. The fraction of sp³-hybridized carbons (Fsp3) is 0.350. The summed E-state index contributed by atoms with van der Waals surface area (Å²) in [6, 6.07) is 6.11. The number of aryl methyl sites for hydroxylation is 1. The number of carbonyl (C=O) groups is 1. The van der Waals surface area contributed by atoms with Gasteiger partial charge in [0.25, 0.3) is 0 Å². The van der Waals surface area contributed by atoms with Crippen molar-refractivity contribution in [3.8, 4) is 0 Å². The average Bonchev–Trinajstić information content (AvgIpc) is 3.33. The molecule has 31 heavy (non-hydrogen) atoms. The molecule has 164 valence electrons. The first kappa shape index (κ1) is 21.5. The summed E-state index contributed by atoms with van der Waals surface area (Å²) in [5.74, 6) is -0.683. The third kappa shape index (κ3) is 5.15. The third-order valence-electron chi connectivity index (χ3n) is 4.87. The number of halogens is 5. The molecule has 1 aliphatic rings. The zero-order chi connectivity index (χ0) is 22.2. The molecule has 4 rings (SSSR count). The van der Waals surface area contributed by atoms with Crippen LogP contribution in [0.5, 0.6) is 0 Å². The molecule has 11 heteroatoms. The van der Waals surface area contributed by atoms with Crippen LogP contribution in [0.25, 0.3) is 0 Å². The first-order valence-corrected chi connectivity index (χ1v) is 10.4. The van der Waals surface area contributed by atoms with Crippen molar-refractivity contribution in [3.63, 3.8) is 0 Å². The van der Waals surface area contributed by atoms with Crippen molar-refractivity contribution in [2.24, 2.45) is 0 Å². The fourth-order valence-corrected chi connectivity index (χ4v) is 4.15. The Balaban J connectivity index is 1.37. The minimum atomic E-state index is -4.56. The maximum Gasteiger partial charge on any atom is 0.436 e. The summed E-state index contributed by atoms with van der Waals surface area (Å²) in [7, 11) is 0. The number of amides is 1. The Hall–Kier alpha value is -2.69.